The third-order valence-corrected chi connectivity index (χ3v) is 11.6. The maximum atomic E-state index is 13.8. The van der Waals surface area contributed by atoms with Crippen LogP contribution >= 0.6 is 0 Å². The molecule has 2 fully saturated rings. The number of esters is 2. The second-order valence-electron chi connectivity index (χ2n) is 17.6. The van der Waals surface area contributed by atoms with Gasteiger partial charge in [-0.25, -0.2) is 0 Å². The molecular weight excluding hydrogens is 787 g/mol. The second kappa shape index (κ2) is 30.4. The average molecular weight is 866 g/mol. The molecule has 62 heavy (non-hydrogen) atoms. The van der Waals surface area contributed by atoms with E-state index in [1.54, 1.807) is 0 Å². The summed E-state index contributed by atoms with van der Waals surface area (Å²) in [7, 11) is 0. The largest absolute Gasteiger partial charge is 0.494 e. The van der Waals surface area contributed by atoms with Crippen LogP contribution in [0.3, 0.4) is 0 Å². The molecular formula is C51H79NO10. The number of para-hydroxylation sites is 2. The minimum atomic E-state index is -0.906. The number of carbonyl (C=O) groups excluding carboxylic acids is 3. The van der Waals surface area contributed by atoms with Crippen LogP contribution in [-0.4, -0.2) is 80.5 Å². The van der Waals surface area contributed by atoms with Gasteiger partial charge in [-0.1, -0.05) is 133 Å². The molecule has 2 aromatic carbocycles. The van der Waals surface area contributed by atoms with Gasteiger partial charge in [-0.05, 0) is 76.6 Å². The first-order valence-electron chi connectivity index (χ1n) is 24.2. The maximum absolute atomic E-state index is 13.8. The Hall–Kier alpha value is -3.67. The van der Waals surface area contributed by atoms with Gasteiger partial charge in [0.15, 0.2) is 11.9 Å². The molecule has 0 aliphatic carbocycles. The average Bonchev–Trinajstić information content (AvgIpc) is 3.26. The van der Waals surface area contributed by atoms with E-state index < -0.39 is 36.2 Å². The second-order valence-corrected chi connectivity index (χ2v) is 17.6. The molecule has 2 aromatic rings. The van der Waals surface area contributed by atoms with Crippen molar-refractivity contribution < 1.29 is 47.5 Å². The van der Waals surface area contributed by atoms with E-state index in [-0.39, 0.29) is 37.3 Å². The van der Waals surface area contributed by atoms with E-state index in [9.17, 15) is 14.4 Å². The van der Waals surface area contributed by atoms with Crippen molar-refractivity contribution in [2.45, 2.75) is 205 Å². The Balaban J connectivity index is 1.23. The molecule has 0 aromatic heterocycles. The SMILES string of the molecule is CCCCCCCCCCCC(CC(=O)N[C@H]1CO[C@@H]2COC(C)(C)O[C@H]2[C@@H]1OC(=O)CCCCCCCOc1ccccc1)OC(=O)CCCCCCCOc1ccccc1. The van der Waals surface area contributed by atoms with Gasteiger partial charge in [0.1, 0.15) is 29.8 Å². The van der Waals surface area contributed by atoms with Gasteiger partial charge in [0, 0.05) is 12.8 Å². The summed E-state index contributed by atoms with van der Waals surface area (Å²) in [5.41, 5.74) is 0. The van der Waals surface area contributed by atoms with Crippen LogP contribution in [-0.2, 0) is 38.1 Å². The van der Waals surface area contributed by atoms with Crippen LogP contribution in [0.1, 0.15) is 168 Å². The zero-order valence-electron chi connectivity index (χ0n) is 38.3. The molecule has 0 saturated carbocycles. The summed E-state index contributed by atoms with van der Waals surface area (Å²) in [6.07, 6.45) is 18.8. The highest BCUT2D eigenvalue weighted by Crippen LogP contribution is 2.32. The number of benzene rings is 2. The number of nitrogens with one attached hydrogen (secondary N) is 1. The predicted molar refractivity (Wildman–Crippen MR) is 242 cm³/mol. The Morgan fingerprint density at radius 1 is 0.661 bits per heavy atom. The molecule has 5 atom stereocenters. The summed E-state index contributed by atoms with van der Waals surface area (Å²) < 4.78 is 42.0. The standard InChI is InChI=1S/C51H79NO10/c1-4-5-6-7-8-9-10-13-20-33-43(60-47(54)34-25-14-11-16-27-36-56-41-29-21-18-22-30-41)38-46(53)52-44-39-58-45-40-59-51(2,3)62-50(45)49(44)61-48(55)35-26-15-12-17-28-37-57-42-31-23-19-24-32-42/h18-19,21-24,29-32,43-45,49-50H,4-17,20,25-28,33-40H2,1-3H3,(H,52,53)/t43?,44-,45+,49+,50+/m0/s1. The molecule has 11 heteroatoms. The van der Waals surface area contributed by atoms with E-state index in [1.807, 2.05) is 74.5 Å². The summed E-state index contributed by atoms with van der Waals surface area (Å²) in [4.78, 5) is 40.2. The van der Waals surface area contributed by atoms with Gasteiger partial charge in [-0.15, -0.1) is 0 Å². The molecule has 2 aliphatic heterocycles. The number of carbonyl (C=O) groups is 3. The molecule has 2 heterocycles. The van der Waals surface area contributed by atoms with E-state index in [4.69, 9.17) is 33.2 Å². The van der Waals surface area contributed by atoms with Crippen LogP contribution in [0.2, 0.25) is 0 Å². The number of fused-ring (bicyclic) bond motifs is 1. The predicted octanol–water partition coefficient (Wildman–Crippen LogP) is 11.0. The molecule has 0 radical (unpaired) electrons. The zero-order valence-corrected chi connectivity index (χ0v) is 38.3. The van der Waals surface area contributed by atoms with Crippen molar-refractivity contribution in [2.24, 2.45) is 0 Å². The first-order chi connectivity index (χ1) is 30.2. The first-order valence-corrected chi connectivity index (χ1v) is 24.2. The number of ether oxygens (including phenoxy) is 7. The third kappa shape index (κ3) is 21.6. The minimum absolute atomic E-state index is 0.0291. The third-order valence-electron chi connectivity index (χ3n) is 11.6. The quantitative estimate of drug-likeness (QED) is 0.0547. The molecule has 1 amide bonds. The molecule has 2 aliphatic rings. The van der Waals surface area contributed by atoms with Crippen molar-refractivity contribution in [1.82, 2.24) is 5.32 Å². The topological polar surface area (TPSA) is 128 Å². The summed E-state index contributed by atoms with van der Waals surface area (Å²) in [6, 6.07) is 19.0. The Labute approximate surface area is 373 Å². The highest BCUT2D eigenvalue weighted by Gasteiger charge is 2.50. The fraction of sp³-hybridized carbons (Fsp3) is 0.706. The van der Waals surface area contributed by atoms with Crippen LogP contribution in [0, 0.1) is 0 Å². The highest BCUT2D eigenvalue weighted by molar-refractivity contribution is 5.78. The monoisotopic (exact) mass is 866 g/mol. The maximum Gasteiger partial charge on any atom is 0.306 e. The van der Waals surface area contributed by atoms with E-state index in [0.29, 0.717) is 39.1 Å². The molecule has 0 spiro atoms. The van der Waals surface area contributed by atoms with E-state index in [1.165, 1.54) is 38.5 Å². The number of hydrogen-bond acceptors (Lipinski definition) is 10. The molecule has 11 nitrogen and oxygen atoms in total. The van der Waals surface area contributed by atoms with Gasteiger partial charge in [0.05, 0.1) is 38.9 Å². The van der Waals surface area contributed by atoms with Crippen molar-refractivity contribution in [3.05, 3.63) is 60.7 Å². The summed E-state index contributed by atoms with van der Waals surface area (Å²) in [6.45, 7) is 7.66. The fourth-order valence-electron chi connectivity index (χ4n) is 8.09. The van der Waals surface area contributed by atoms with Crippen LogP contribution < -0.4 is 14.8 Å². The number of amides is 1. The molecule has 1 N–H and O–H groups in total. The Morgan fingerprint density at radius 2 is 1.18 bits per heavy atom. The number of rotatable bonds is 33. The lowest BCUT2D eigenvalue weighted by atomic mass is 9.95. The van der Waals surface area contributed by atoms with Crippen LogP contribution in [0.15, 0.2) is 60.7 Å². The van der Waals surface area contributed by atoms with Crippen molar-refractivity contribution in [3.8, 4) is 11.5 Å². The van der Waals surface area contributed by atoms with Crippen LogP contribution in [0.25, 0.3) is 0 Å². The first kappa shape index (κ1) is 51.0. The normalized spacial score (nSPS) is 19.8. The van der Waals surface area contributed by atoms with Gasteiger partial charge in [0.2, 0.25) is 5.91 Å². The van der Waals surface area contributed by atoms with Crippen molar-refractivity contribution in [2.75, 3.05) is 26.4 Å². The van der Waals surface area contributed by atoms with Gasteiger partial charge in [0.25, 0.3) is 0 Å². The molecule has 348 valence electrons. The fourth-order valence-corrected chi connectivity index (χ4v) is 8.09. The zero-order chi connectivity index (χ0) is 44.1. The van der Waals surface area contributed by atoms with Crippen LogP contribution in [0.5, 0.6) is 11.5 Å². The Bertz CT molecular complexity index is 1490. The van der Waals surface area contributed by atoms with Gasteiger partial charge >= 0.3 is 11.9 Å². The Morgan fingerprint density at radius 3 is 1.76 bits per heavy atom. The molecule has 1 unspecified atom stereocenters. The number of unbranched alkanes of at least 4 members (excludes halogenated alkanes) is 16. The minimum Gasteiger partial charge on any atom is -0.494 e. The molecule has 2 saturated heterocycles. The lowest BCUT2D eigenvalue weighted by Crippen LogP contribution is -2.66. The van der Waals surface area contributed by atoms with Gasteiger partial charge in [-0.2, -0.15) is 0 Å². The van der Waals surface area contributed by atoms with Gasteiger partial charge in [-0.3, -0.25) is 14.4 Å². The van der Waals surface area contributed by atoms with E-state index >= 15 is 0 Å². The van der Waals surface area contributed by atoms with E-state index in [0.717, 1.165) is 88.5 Å². The molecule has 4 rings (SSSR count). The Kier molecular flexibility index (Phi) is 25.0. The summed E-state index contributed by atoms with van der Waals surface area (Å²) >= 11 is 0. The summed E-state index contributed by atoms with van der Waals surface area (Å²) in [5, 5.41) is 3.09. The van der Waals surface area contributed by atoms with Crippen molar-refractivity contribution >= 4 is 17.8 Å². The lowest BCUT2D eigenvalue weighted by molar-refractivity contribution is -0.339. The van der Waals surface area contributed by atoms with E-state index in [2.05, 4.69) is 12.2 Å². The number of hydrogen-bond donors (Lipinski definition) is 1. The highest BCUT2D eigenvalue weighted by atomic mass is 16.7. The lowest BCUT2D eigenvalue weighted by Gasteiger charge is -2.48. The smallest absolute Gasteiger partial charge is 0.306 e. The van der Waals surface area contributed by atoms with Crippen molar-refractivity contribution in [1.29, 1.82) is 0 Å². The molecule has 0 bridgehead atoms. The summed E-state index contributed by atoms with van der Waals surface area (Å²) in [5.74, 6) is -0.00234. The van der Waals surface area contributed by atoms with Gasteiger partial charge < -0.3 is 38.5 Å². The van der Waals surface area contributed by atoms with Crippen LogP contribution in [0.4, 0.5) is 0 Å². The van der Waals surface area contributed by atoms with Crippen molar-refractivity contribution in [3.63, 3.8) is 0 Å².